The number of carbonyl (C=O) groups is 4. The van der Waals surface area contributed by atoms with Gasteiger partial charge in [0, 0.05) is 47.3 Å². The number of rotatable bonds is 15. The monoisotopic (exact) mass is 803 g/mol. The van der Waals surface area contributed by atoms with Gasteiger partial charge in [-0.25, -0.2) is 19.2 Å². The maximum atomic E-state index is 12.5. The van der Waals surface area contributed by atoms with E-state index >= 15 is 0 Å². The van der Waals surface area contributed by atoms with Crippen LogP contribution in [0.15, 0.2) is 121 Å². The highest BCUT2D eigenvalue weighted by Crippen LogP contribution is 2.57. The minimum absolute atomic E-state index is 0.0598. The molecule has 0 radical (unpaired) electrons. The van der Waals surface area contributed by atoms with Crippen molar-refractivity contribution in [2.45, 2.75) is 44.1 Å². The number of alkyl carbamates (subject to hydrolysis) is 2. The largest absolute Gasteiger partial charge is 0.513 e. The lowest BCUT2D eigenvalue weighted by Gasteiger charge is -2.17. The van der Waals surface area contributed by atoms with Crippen LogP contribution in [-0.4, -0.2) is 66.7 Å². The second-order valence-corrected chi connectivity index (χ2v) is 15.3. The highest BCUT2D eigenvalue weighted by Gasteiger charge is 2.52. The summed E-state index contributed by atoms with van der Waals surface area (Å²) in [4.78, 5) is 57.6. The van der Waals surface area contributed by atoms with Gasteiger partial charge in [0.2, 0.25) is 0 Å². The number of amides is 2. The third-order valence-electron chi connectivity index (χ3n) is 11.4. The molecule has 8 rings (SSSR count). The highest BCUT2D eigenvalue weighted by atomic mass is 16.7. The van der Waals surface area contributed by atoms with E-state index in [1.54, 1.807) is 0 Å². The summed E-state index contributed by atoms with van der Waals surface area (Å²) in [6.07, 6.45) is 17.8. The molecule has 3 aromatic carbocycles. The predicted octanol–water partition coefficient (Wildman–Crippen LogP) is 8.25. The molecule has 2 spiro atoms. The first-order valence-corrected chi connectivity index (χ1v) is 19.6. The first-order chi connectivity index (χ1) is 28.6. The van der Waals surface area contributed by atoms with Crippen LogP contribution >= 0.6 is 0 Å². The molecule has 306 valence electrons. The number of aliphatic carboxylic acids is 1. The van der Waals surface area contributed by atoms with Crippen LogP contribution in [0.3, 0.4) is 0 Å². The summed E-state index contributed by atoms with van der Waals surface area (Å²) < 4.78 is 20.8. The number of hydrogen-bond acceptors (Lipinski definition) is 10. The number of carboxylic acid groups (broad SMARTS) is 1. The van der Waals surface area contributed by atoms with E-state index in [2.05, 4.69) is 47.1 Å². The zero-order valence-electron chi connectivity index (χ0n) is 32.2. The maximum absolute atomic E-state index is 12.5. The molecule has 0 aliphatic heterocycles. The Bertz CT molecular complexity index is 2120. The van der Waals surface area contributed by atoms with Gasteiger partial charge in [-0.1, -0.05) is 97.1 Å². The molecule has 2 amide bonds. The fourth-order valence-corrected chi connectivity index (χ4v) is 7.89. The Balaban J connectivity index is 0.000000212. The van der Waals surface area contributed by atoms with Crippen LogP contribution in [0.1, 0.15) is 49.1 Å². The number of carboxylic acids is 1. The fraction of sp³-hybridized carbons (Fsp3) is 0.333. The Morgan fingerprint density at radius 1 is 0.729 bits per heavy atom. The van der Waals surface area contributed by atoms with Crippen LogP contribution in [0.4, 0.5) is 20.1 Å². The van der Waals surface area contributed by atoms with Crippen molar-refractivity contribution in [2.75, 3.05) is 26.4 Å². The van der Waals surface area contributed by atoms with Gasteiger partial charge < -0.3 is 34.7 Å². The Kier molecular flexibility index (Phi) is 12.2. The van der Waals surface area contributed by atoms with Gasteiger partial charge in [-0.15, -0.1) is 0 Å². The number of fused-ring (bicyclic) bond motifs is 3. The van der Waals surface area contributed by atoms with Gasteiger partial charge in [-0.2, -0.15) is 0 Å². The molecule has 2 unspecified atom stereocenters. The van der Waals surface area contributed by atoms with Crippen molar-refractivity contribution in [3.63, 3.8) is 0 Å². The zero-order chi connectivity index (χ0) is 41.4. The van der Waals surface area contributed by atoms with Gasteiger partial charge in [0.15, 0.2) is 0 Å². The molecule has 0 heterocycles. The van der Waals surface area contributed by atoms with Crippen molar-refractivity contribution in [1.82, 2.24) is 10.6 Å². The van der Waals surface area contributed by atoms with Crippen molar-refractivity contribution >= 4 is 30.0 Å². The average molecular weight is 804 g/mol. The number of non-ortho nitro benzene ring substituents is 1. The number of hydrogen-bond donors (Lipinski definition) is 3. The molecule has 59 heavy (non-hydrogen) atoms. The Labute approximate surface area is 340 Å². The molecule has 2 fully saturated rings. The molecule has 5 aliphatic rings. The second-order valence-electron chi connectivity index (χ2n) is 15.3. The second kappa shape index (κ2) is 17.8. The fourth-order valence-electron chi connectivity index (χ4n) is 7.89. The van der Waals surface area contributed by atoms with Crippen LogP contribution < -0.4 is 15.4 Å². The van der Waals surface area contributed by atoms with E-state index in [9.17, 15) is 34.4 Å². The van der Waals surface area contributed by atoms with E-state index in [1.165, 1.54) is 24.3 Å². The van der Waals surface area contributed by atoms with Crippen LogP contribution in [0.5, 0.6) is 5.75 Å². The topological polar surface area (TPSA) is 193 Å². The Morgan fingerprint density at radius 3 is 1.83 bits per heavy atom. The van der Waals surface area contributed by atoms with Crippen LogP contribution in [0, 0.1) is 32.8 Å². The summed E-state index contributed by atoms with van der Waals surface area (Å²) in [6, 6.07) is 20.2. The third kappa shape index (κ3) is 9.89. The Morgan fingerprint density at radius 2 is 1.27 bits per heavy atom. The van der Waals surface area contributed by atoms with Crippen LogP contribution in [0.2, 0.25) is 0 Å². The van der Waals surface area contributed by atoms with Crippen LogP contribution in [0.25, 0.3) is 11.1 Å². The summed E-state index contributed by atoms with van der Waals surface area (Å²) in [7, 11) is 0. The Hall–Kier alpha value is -6.70. The molecular weight excluding hydrogens is 759 g/mol. The molecule has 14 nitrogen and oxygen atoms in total. The molecule has 3 atom stereocenters. The highest BCUT2D eigenvalue weighted by molar-refractivity contribution is 5.81. The number of nitro benzene ring substituents is 1. The lowest BCUT2D eigenvalue weighted by molar-refractivity contribution is -0.384. The average Bonchev–Trinajstić information content (AvgIpc) is 3.79. The third-order valence-corrected chi connectivity index (χ3v) is 11.4. The van der Waals surface area contributed by atoms with Crippen molar-refractivity contribution in [3.05, 3.63) is 143 Å². The molecular formula is C45H45N3O11. The molecule has 5 aliphatic carbocycles. The summed E-state index contributed by atoms with van der Waals surface area (Å²) in [6.45, 7) is 1.17. The number of allylic oxidation sites excluding steroid dienone is 8. The lowest BCUT2D eigenvalue weighted by atomic mass is 9.98. The first-order valence-electron chi connectivity index (χ1n) is 19.6. The quantitative estimate of drug-likeness (QED) is 0.0335. The summed E-state index contributed by atoms with van der Waals surface area (Å²) >= 11 is 0. The number of benzene rings is 3. The summed E-state index contributed by atoms with van der Waals surface area (Å²) in [5, 5.41) is 25.2. The summed E-state index contributed by atoms with van der Waals surface area (Å²) in [5.74, 6) is -0.365. The zero-order valence-corrected chi connectivity index (χ0v) is 32.2. The summed E-state index contributed by atoms with van der Waals surface area (Å²) in [5.41, 5.74) is 4.53. The molecule has 2 saturated carbocycles. The van der Waals surface area contributed by atoms with E-state index in [4.69, 9.17) is 18.9 Å². The van der Waals surface area contributed by atoms with E-state index in [0.717, 1.165) is 35.1 Å². The van der Waals surface area contributed by atoms with E-state index in [-0.39, 0.29) is 41.2 Å². The number of ether oxygens (including phenoxy) is 4. The number of unbranched alkanes of at least 4 members (excludes halogenated alkanes) is 1. The van der Waals surface area contributed by atoms with Gasteiger partial charge in [-0.05, 0) is 66.5 Å². The predicted molar refractivity (Wildman–Crippen MR) is 216 cm³/mol. The van der Waals surface area contributed by atoms with E-state index in [1.807, 2.05) is 60.7 Å². The minimum atomic E-state index is -1.13. The lowest BCUT2D eigenvalue weighted by Crippen LogP contribution is -2.41. The van der Waals surface area contributed by atoms with Crippen molar-refractivity contribution in [2.24, 2.45) is 22.7 Å². The number of nitro groups is 1. The normalized spacial score (nSPS) is 19.2. The van der Waals surface area contributed by atoms with Crippen LogP contribution in [-0.2, 0) is 19.0 Å². The van der Waals surface area contributed by atoms with Gasteiger partial charge >= 0.3 is 24.3 Å². The number of carbonyl (C=O) groups excluding carboxylic acids is 3. The molecule has 0 saturated heterocycles. The van der Waals surface area contributed by atoms with E-state index in [0.29, 0.717) is 44.4 Å². The SMILES string of the molecule is O=C(NCCCC[C@H](NC(=O)OCC1c2ccccc2-c2ccccc21)C(=O)O)OCC1CC12C=CC=C2.O=C(OCC1CC12C=CC=C2)Oc1ccc([N+](=O)[O-])cc1. The van der Waals surface area contributed by atoms with Gasteiger partial charge in [0.25, 0.3) is 5.69 Å². The van der Waals surface area contributed by atoms with E-state index < -0.39 is 35.3 Å². The molecule has 0 bridgehead atoms. The van der Waals surface area contributed by atoms with Crippen molar-refractivity contribution in [3.8, 4) is 16.9 Å². The molecule has 14 heteroatoms. The molecule has 3 N–H and O–H groups in total. The smallest absolute Gasteiger partial charge is 0.480 e. The van der Waals surface area contributed by atoms with Gasteiger partial charge in [0.1, 0.15) is 18.4 Å². The van der Waals surface area contributed by atoms with Gasteiger partial charge in [-0.3, -0.25) is 10.1 Å². The number of nitrogens with one attached hydrogen (secondary N) is 2. The van der Waals surface area contributed by atoms with Crippen molar-refractivity contribution in [1.29, 1.82) is 0 Å². The van der Waals surface area contributed by atoms with Gasteiger partial charge in [0.05, 0.1) is 18.1 Å². The van der Waals surface area contributed by atoms with Crippen molar-refractivity contribution < 1.29 is 48.2 Å². The standard InChI is InChI=1S/C30H32N2O6.C15H13NO5/c33-27(34)26(13-5-8-16-31-28(35)37-18-20-17-30(20)14-6-7-15-30)32-29(36)38-19-25-23-11-3-1-9-21(23)22-10-2-4-12-24(22)25;17-14(20-10-11-9-15(11)7-1-2-8-15)21-13-5-3-12(4-6-13)16(18)19/h1-4,6-7,9-12,14-15,20,25-26H,5,8,13,16-19H2,(H,31,35)(H,32,36)(H,33,34);1-8,11H,9-10H2/t20?,26-;/m0./s1. The maximum Gasteiger partial charge on any atom is 0.513 e. The minimum Gasteiger partial charge on any atom is -0.480 e. The molecule has 3 aromatic rings. The molecule has 0 aromatic heterocycles. The first kappa shape index (κ1) is 40.5. The number of nitrogens with zero attached hydrogens (tertiary/aromatic N) is 1.